The lowest BCUT2D eigenvalue weighted by molar-refractivity contribution is 0.0988. The van der Waals surface area contributed by atoms with Crippen LogP contribution in [0.4, 0.5) is 0 Å². The maximum absolute atomic E-state index is 12.6. The quantitative estimate of drug-likeness (QED) is 0.525. The number of carbonyl (C=O) groups excluding carboxylic acids is 1. The van der Waals surface area contributed by atoms with Crippen molar-refractivity contribution in [2.24, 2.45) is 0 Å². The zero-order valence-electron chi connectivity index (χ0n) is 17.4. The third-order valence-corrected chi connectivity index (χ3v) is 5.39. The molecular formula is C25H27N3O2. The molecule has 0 spiro atoms. The van der Waals surface area contributed by atoms with Crippen LogP contribution in [0.1, 0.15) is 34.6 Å². The summed E-state index contributed by atoms with van der Waals surface area (Å²) >= 11 is 0. The van der Waals surface area contributed by atoms with Gasteiger partial charge in [0.1, 0.15) is 18.1 Å². The van der Waals surface area contributed by atoms with Gasteiger partial charge in [-0.25, -0.2) is 0 Å². The van der Waals surface area contributed by atoms with Gasteiger partial charge in [0.15, 0.2) is 5.78 Å². The van der Waals surface area contributed by atoms with Crippen LogP contribution in [0, 0.1) is 6.92 Å². The first-order valence-corrected chi connectivity index (χ1v) is 10.5. The lowest BCUT2D eigenvalue weighted by Gasteiger charge is -2.15. The Labute approximate surface area is 177 Å². The van der Waals surface area contributed by atoms with Crippen LogP contribution in [0.25, 0.3) is 11.3 Å². The zero-order valence-corrected chi connectivity index (χ0v) is 17.4. The first kappa shape index (κ1) is 20.2. The van der Waals surface area contributed by atoms with Crippen molar-refractivity contribution in [1.82, 2.24) is 14.9 Å². The molecule has 0 unspecified atom stereocenters. The number of carbonyl (C=O) groups is 1. The van der Waals surface area contributed by atoms with Crippen molar-refractivity contribution in [2.45, 2.75) is 26.2 Å². The van der Waals surface area contributed by atoms with Crippen LogP contribution >= 0.6 is 0 Å². The Balaban J connectivity index is 1.37. The summed E-state index contributed by atoms with van der Waals surface area (Å²) in [4.78, 5) is 23.8. The van der Waals surface area contributed by atoms with Crippen molar-refractivity contribution < 1.29 is 9.53 Å². The zero-order chi connectivity index (χ0) is 20.8. The van der Waals surface area contributed by atoms with E-state index in [1.165, 1.54) is 25.9 Å². The Morgan fingerprint density at radius 1 is 1.07 bits per heavy atom. The number of likely N-dealkylation sites (tertiary alicyclic amines) is 1. The summed E-state index contributed by atoms with van der Waals surface area (Å²) in [6.07, 6.45) is 4.66. The van der Waals surface area contributed by atoms with Gasteiger partial charge < -0.3 is 4.74 Å². The van der Waals surface area contributed by atoms with E-state index in [4.69, 9.17) is 4.74 Å². The first-order valence-electron chi connectivity index (χ1n) is 10.5. The van der Waals surface area contributed by atoms with Crippen molar-refractivity contribution in [3.63, 3.8) is 0 Å². The van der Waals surface area contributed by atoms with Gasteiger partial charge in [0, 0.05) is 30.4 Å². The highest BCUT2D eigenvalue weighted by Gasteiger charge is 2.12. The molecule has 1 aliphatic rings. The van der Waals surface area contributed by atoms with Crippen LogP contribution in [-0.2, 0) is 6.42 Å². The van der Waals surface area contributed by atoms with Gasteiger partial charge in [-0.05, 0) is 86.9 Å². The van der Waals surface area contributed by atoms with E-state index in [1.807, 2.05) is 55.5 Å². The summed E-state index contributed by atoms with van der Waals surface area (Å²) in [7, 11) is 0. The summed E-state index contributed by atoms with van der Waals surface area (Å²) in [5.41, 5.74) is 4.13. The fourth-order valence-corrected chi connectivity index (χ4v) is 3.74. The highest BCUT2D eigenvalue weighted by Crippen LogP contribution is 2.22. The average Bonchev–Trinajstić information content (AvgIpc) is 3.28. The van der Waals surface area contributed by atoms with E-state index in [-0.39, 0.29) is 5.78 Å². The van der Waals surface area contributed by atoms with Crippen LogP contribution < -0.4 is 4.74 Å². The van der Waals surface area contributed by atoms with E-state index >= 15 is 0 Å². The third kappa shape index (κ3) is 5.30. The summed E-state index contributed by atoms with van der Waals surface area (Å²) in [6.45, 7) is 5.96. The smallest absolute Gasteiger partial charge is 0.185 e. The monoisotopic (exact) mass is 401 g/mol. The van der Waals surface area contributed by atoms with E-state index in [2.05, 4.69) is 14.9 Å². The molecule has 5 nitrogen and oxygen atoms in total. The molecule has 3 heterocycles. The number of nitrogens with zero attached hydrogens (tertiary/aromatic N) is 3. The summed E-state index contributed by atoms with van der Waals surface area (Å²) in [5.74, 6) is 0.882. The minimum atomic E-state index is 0.0117. The largest absolute Gasteiger partial charge is 0.492 e. The first-order chi connectivity index (χ1) is 14.7. The molecule has 1 fully saturated rings. The van der Waals surface area contributed by atoms with E-state index in [9.17, 15) is 4.79 Å². The minimum absolute atomic E-state index is 0.0117. The summed E-state index contributed by atoms with van der Waals surface area (Å²) < 4.78 is 5.88. The van der Waals surface area contributed by atoms with Crippen LogP contribution in [-0.4, -0.2) is 46.9 Å². The Morgan fingerprint density at radius 3 is 2.63 bits per heavy atom. The van der Waals surface area contributed by atoms with Gasteiger partial charge in [-0.15, -0.1) is 0 Å². The molecular weight excluding hydrogens is 374 g/mol. The predicted molar refractivity (Wildman–Crippen MR) is 118 cm³/mol. The molecule has 30 heavy (non-hydrogen) atoms. The van der Waals surface area contributed by atoms with Crippen LogP contribution in [0.2, 0.25) is 0 Å². The number of aromatic nitrogens is 2. The highest BCUT2D eigenvalue weighted by molar-refractivity contribution is 5.95. The Hall–Kier alpha value is -3.05. The highest BCUT2D eigenvalue weighted by atomic mass is 16.5. The molecule has 0 saturated carbocycles. The van der Waals surface area contributed by atoms with Crippen LogP contribution in [0.3, 0.4) is 0 Å². The molecule has 1 aliphatic heterocycles. The van der Waals surface area contributed by atoms with Gasteiger partial charge in [0.05, 0.1) is 5.69 Å². The number of benzene rings is 1. The number of hydrogen-bond acceptors (Lipinski definition) is 5. The molecule has 5 heteroatoms. The van der Waals surface area contributed by atoms with Gasteiger partial charge in [0.2, 0.25) is 0 Å². The lowest BCUT2D eigenvalue weighted by atomic mass is 10.0. The second-order valence-corrected chi connectivity index (χ2v) is 7.74. The van der Waals surface area contributed by atoms with Crippen molar-refractivity contribution in [2.75, 3.05) is 26.2 Å². The second-order valence-electron chi connectivity index (χ2n) is 7.74. The topological polar surface area (TPSA) is 55.3 Å². The molecule has 0 amide bonds. The van der Waals surface area contributed by atoms with Gasteiger partial charge in [0.25, 0.3) is 0 Å². The molecule has 2 aromatic heterocycles. The van der Waals surface area contributed by atoms with Gasteiger partial charge in [-0.3, -0.25) is 19.7 Å². The minimum Gasteiger partial charge on any atom is -0.492 e. The lowest BCUT2D eigenvalue weighted by Crippen LogP contribution is -2.25. The standard InChI is InChI=1S/C25H27N3O2/c1-19-5-4-6-23(27-19)25(29)18-20-11-12-26-24(17-20)21-7-9-22(10-8-21)30-16-15-28-13-2-3-14-28/h4-12,17H,2-3,13-16,18H2,1H3. The third-order valence-electron chi connectivity index (χ3n) is 5.39. The fraction of sp³-hybridized carbons (Fsp3) is 0.320. The summed E-state index contributed by atoms with van der Waals surface area (Å²) in [6, 6.07) is 17.4. The Bertz CT molecular complexity index is 995. The van der Waals surface area contributed by atoms with E-state index in [0.29, 0.717) is 18.7 Å². The number of ketones is 1. The maximum atomic E-state index is 12.6. The molecule has 0 radical (unpaired) electrons. The van der Waals surface area contributed by atoms with E-state index in [0.717, 1.165) is 34.8 Å². The maximum Gasteiger partial charge on any atom is 0.185 e. The van der Waals surface area contributed by atoms with Crippen LogP contribution in [0.5, 0.6) is 5.75 Å². The average molecular weight is 402 g/mol. The van der Waals surface area contributed by atoms with Crippen molar-refractivity contribution in [1.29, 1.82) is 0 Å². The molecule has 0 aliphatic carbocycles. The molecule has 0 N–H and O–H groups in total. The molecule has 3 aromatic rings. The number of Topliss-reactive ketones (excluding diaryl/α,β-unsaturated/α-hetero) is 1. The van der Waals surface area contributed by atoms with E-state index in [1.54, 1.807) is 12.3 Å². The van der Waals surface area contributed by atoms with Crippen molar-refractivity contribution in [3.05, 3.63) is 77.7 Å². The van der Waals surface area contributed by atoms with Gasteiger partial charge in [-0.2, -0.15) is 0 Å². The molecule has 0 bridgehead atoms. The number of rotatable bonds is 8. The number of ether oxygens (including phenoxy) is 1. The molecule has 1 saturated heterocycles. The normalized spacial score (nSPS) is 14.0. The SMILES string of the molecule is Cc1cccc(C(=O)Cc2ccnc(-c3ccc(OCCN4CCCC4)cc3)c2)n1. The summed E-state index contributed by atoms with van der Waals surface area (Å²) in [5, 5.41) is 0. The number of pyridine rings is 2. The predicted octanol–water partition coefficient (Wildman–Crippen LogP) is 4.35. The molecule has 4 rings (SSSR count). The molecule has 1 aromatic carbocycles. The second kappa shape index (κ2) is 9.63. The van der Waals surface area contributed by atoms with Gasteiger partial charge in [-0.1, -0.05) is 6.07 Å². The fourth-order valence-electron chi connectivity index (χ4n) is 3.74. The van der Waals surface area contributed by atoms with Crippen molar-refractivity contribution >= 4 is 5.78 Å². The molecule has 0 atom stereocenters. The number of aryl methyl sites for hydroxylation is 1. The van der Waals surface area contributed by atoms with Gasteiger partial charge >= 0.3 is 0 Å². The van der Waals surface area contributed by atoms with Crippen molar-refractivity contribution in [3.8, 4) is 17.0 Å². The van der Waals surface area contributed by atoms with Crippen LogP contribution in [0.15, 0.2) is 60.8 Å². The number of hydrogen-bond donors (Lipinski definition) is 0. The van der Waals surface area contributed by atoms with E-state index < -0.39 is 0 Å². The molecule has 154 valence electrons. The Kier molecular flexibility index (Phi) is 6.50. The Morgan fingerprint density at radius 2 is 1.87 bits per heavy atom.